The zero-order valence-electron chi connectivity index (χ0n) is 18.1. The van der Waals surface area contributed by atoms with Gasteiger partial charge in [-0.05, 0) is 37.8 Å². The molecule has 0 bridgehead atoms. The van der Waals surface area contributed by atoms with Crippen LogP contribution in [-0.4, -0.2) is 67.3 Å². The molecule has 1 aliphatic carbocycles. The van der Waals surface area contributed by atoms with E-state index in [-0.39, 0.29) is 35.7 Å². The Morgan fingerprint density at radius 3 is 2.38 bits per heavy atom. The summed E-state index contributed by atoms with van der Waals surface area (Å²) in [5.41, 5.74) is -0.771. The summed E-state index contributed by atoms with van der Waals surface area (Å²) < 4.78 is 27.7. The van der Waals surface area contributed by atoms with Gasteiger partial charge in [0.15, 0.2) is 0 Å². The first-order valence-corrected chi connectivity index (χ1v) is 12.8. The molecule has 2 saturated heterocycles. The smallest absolute Gasteiger partial charge is 0.325 e. The van der Waals surface area contributed by atoms with Gasteiger partial charge in [-0.15, -0.1) is 0 Å². The van der Waals surface area contributed by atoms with E-state index in [1.807, 2.05) is 0 Å². The van der Waals surface area contributed by atoms with Crippen molar-refractivity contribution < 1.29 is 22.8 Å². The van der Waals surface area contributed by atoms with E-state index in [9.17, 15) is 22.8 Å². The SMILES string of the molecule is O=C(CCN1C(=O)NC2(CCCCC2)C1=O)N1CCC(NS(=O)(=O)c2ccccc2)CC1. The number of carbonyl (C=O) groups excluding carboxylic acids is 3. The Bertz CT molecular complexity index is 967. The fourth-order valence-corrected chi connectivity index (χ4v) is 6.20. The highest BCUT2D eigenvalue weighted by molar-refractivity contribution is 7.89. The molecule has 3 aliphatic rings. The van der Waals surface area contributed by atoms with Gasteiger partial charge in [0.1, 0.15) is 5.54 Å². The maximum absolute atomic E-state index is 12.8. The molecule has 10 heteroatoms. The largest absolute Gasteiger partial charge is 0.343 e. The van der Waals surface area contributed by atoms with Crippen LogP contribution in [0.2, 0.25) is 0 Å². The van der Waals surface area contributed by atoms with Crippen molar-refractivity contribution in [2.24, 2.45) is 0 Å². The molecular weight excluding hydrogens is 432 g/mol. The van der Waals surface area contributed by atoms with Crippen LogP contribution in [0.25, 0.3) is 0 Å². The predicted molar refractivity (Wildman–Crippen MR) is 117 cm³/mol. The van der Waals surface area contributed by atoms with Crippen molar-refractivity contribution >= 4 is 27.9 Å². The van der Waals surface area contributed by atoms with Crippen LogP contribution in [0.1, 0.15) is 51.4 Å². The van der Waals surface area contributed by atoms with Gasteiger partial charge in [0.2, 0.25) is 15.9 Å². The number of imide groups is 1. The lowest BCUT2D eigenvalue weighted by molar-refractivity contribution is -0.134. The van der Waals surface area contributed by atoms with Gasteiger partial charge in [0.25, 0.3) is 5.91 Å². The molecule has 0 unspecified atom stereocenters. The van der Waals surface area contributed by atoms with Crippen LogP contribution < -0.4 is 10.0 Å². The fraction of sp³-hybridized carbons (Fsp3) is 0.591. The summed E-state index contributed by atoms with van der Waals surface area (Å²) in [6.07, 6.45) is 5.34. The van der Waals surface area contributed by atoms with Gasteiger partial charge in [-0.3, -0.25) is 14.5 Å². The summed E-state index contributed by atoms with van der Waals surface area (Å²) in [5, 5.41) is 2.86. The second-order valence-corrected chi connectivity index (χ2v) is 10.6. The standard InChI is InChI=1S/C22H30N4O5S/c27-19(11-16-26-20(28)22(23-21(26)29)12-5-2-6-13-22)25-14-9-17(10-15-25)24-32(30,31)18-7-3-1-4-8-18/h1,3-4,7-8,17,24H,2,5-6,9-16H2,(H,23,29). The molecule has 0 atom stereocenters. The minimum atomic E-state index is -3.59. The van der Waals surface area contributed by atoms with E-state index in [4.69, 9.17) is 0 Å². The number of urea groups is 1. The molecule has 4 amide bonds. The quantitative estimate of drug-likeness (QED) is 0.623. The van der Waals surface area contributed by atoms with Crippen LogP contribution in [0.3, 0.4) is 0 Å². The molecule has 32 heavy (non-hydrogen) atoms. The lowest BCUT2D eigenvalue weighted by Crippen LogP contribution is -2.48. The number of benzene rings is 1. The van der Waals surface area contributed by atoms with E-state index >= 15 is 0 Å². The average Bonchev–Trinajstić information content (AvgIpc) is 3.02. The summed E-state index contributed by atoms with van der Waals surface area (Å²) in [6.45, 7) is 0.946. The van der Waals surface area contributed by atoms with E-state index in [1.165, 1.54) is 4.90 Å². The molecule has 1 saturated carbocycles. The maximum atomic E-state index is 12.8. The van der Waals surface area contributed by atoms with Crippen molar-refractivity contribution in [2.45, 2.75) is 67.8 Å². The van der Waals surface area contributed by atoms with Gasteiger partial charge < -0.3 is 10.2 Å². The molecule has 1 spiro atoms. The number of amides is 4. The molecule has 1 aromatic rings. The Kier molecular flexibility index (Phi) is 6.52. The number of hydrogen-bond acceptors (Lipinski definition) is 5. The Hall–Kier alpha value is -2.46. The number of nitrogens with one attached hydrogen (secondary N) is 2. The molecule has 4 rings (SSSR count). The fourth-order valence-electron chi connectivity index (χ4n) is 4.87. The molecule has 3 fully saturated rings. The molecular formula is C22H30N4O5S. The van der Waals surface area contributed by atoms with Crippen LogP contribution in [-0.2, 0) is 19.6 Å². The molecule has 2 N–H and O–H groups in total. The lowest BCUT2D eigenvalue weighted by atomic mass is 9.82. The van der Waals surface area contributed by atoms with Gasteiger partial charge in [-0.2, -0.15) is 0 Å². The highest BCUT2D eigenvalue weighted by Crippen LogP contribution is 2.33. The maximum Gasteiger partial charge on any atom is 0.325 e. The van der Waals surface area contributed by atoms with Crippen LogP contribution >= 0.6 is 0 Å². The van der Waals surface area contributed by atoms with Crippen LogP contribution in [0.15, 0.2) is 35.2 Å². The predicted octanol–water partition coefficient (Wildman–Crippen LogP) is 1.60. The highest BCUT2D eigenvalue weighted by Gasteiger charge is 2.51. The number of likely N-dealkylation sites (tertiary alicyclic amines) is 1. The third kappa shape index (κ3) is 4.66. The van der Waals surface area contributed by atoms with Crippen LogP contribution in [0.5, 0.6) is 0 Å². The van der Waals surface area contributed by atoms with E-state index in [2.05, 4.69) is 10.0 Å². The first-order chi connectivity index (χ1) is 15.3. The normalized spacial score (nSPS) is 21.8. The summed E-state index contributed by atoms with van der Waals surface area (Å²) in [7, 11) is -3.59. The van der Waals surface area contributed by atoms with Crippen molar-refractivity contribution in [3.63, 3.8) is 0 Å². The van der Waals surface area contributed by atoms with E-state index in [0.717, 1.165) is 19.3 Å². The Morgan fingerprint density at radius 2 is 1.72 bits per heavy atom. The minimum absolute atomic E-state index is 0.0752. The van der Waals surface area contributed by atoms with Crippen molar-refractivity contribution in [3.05, 3.63) is 30.3 Å². The molecule has 0 aromatic heterocycles. The van der Waals surface area contributed by atoms with E-state index < -0.39 is 21.6 Å². The van der Waals surface area contributed by atoms with E-state index in [1.54, 1.807) is 35.2 Å². The minimum Gasteiger partial charge on any atom is -0.343 e. The van der Waals surface area contributed by atoms with Crippen LogP contribution in [0.4, 0.5) is 4.79 Å². The number of sulfonamides is 1. The third-order valence-electron chi connectivity index (χ3n) is 6.73. The number of piperidine rings is 1. The summed E-state index contributed by atoms with van der Waals surface area (Å²) >= 11 is 0. The summed E-state index contributed by atoms with van der Waals surface area (Å²) in [4.78, 5) is 40.9. The molecule has 2 heterocycles. The monoisotopic (exact) mass is 462 g/mol. The Labute approximate surface area is 188 Å². The summed E-state index contributed by atoms with van der Waals surface area (Å²) in [5.74, 6) is -0.330. The third-order valence-corrected chi connectivity index (χ3v) is 8.26. The van der Waals surface area contributed by atoms with Gasteiger partial charge >= 0.3 is 6.03 Å². The number of rotatable bonds is 6. The lowest BCUT2D eigenvalue weighted by Gasteiger charge is -2.32. The topological polar surface area (TPSA) is 116 Å². The molecule has 9 nitrogen and oxygen atoms in total. The van der Waals surface area contributed by atoms with Gasteiger partial charge in [0.05, 0.1) is 4.90 Å². The second-order valence-electron chi connectivity index (χ2n) is 8.87. The zero-order valence-corrected chi connectivity index (χ0v) is 18.9. The van der Waals surface area contributed by atoms with E-state index in [0.29, 0.717) is 38.8 Å². The van der Waals surface area contributed by atoms with Crippen molar-refractivity contribution in [2.75, 3.05) is 19.6 Å². The van der Waals surface area contributed by atoms with Crippen molar-refractivity contribution in [1.82, 2.24) is 19.8 Å². The second kappa shape index (κ2) is 9.19. The van der Waals surface area contributed by atoms with Crippen LogP contribution in [0, 0.1) is 0 Å². The average molecular weight is 463 g/mol. The van der Waals surface area contributed by atoms with Gasteiger partial charge in [-0.25, -0.2) is 17.9 Å². The Morgan fingerprint density at radius 1 is 1.06 bits per heavy atom. The van der Waals surface area contributed by atoms with Gasteiger partial charge in [-0.1, -0.05) is 37.5 Å². The molecule has 1 aromatic carbocycles. The number of hydrogen-bond donors (Lipinski definition) is 2. The molecule has 2 aliphatic heterocycles. The number of carbonyl (C=O) groups is 3. The Balaban J connectivity index is 1.25. The highest BCUT2D eigenvalue weighted by atomic mass is 32.2. The summed E-state index contributed by atoms with van der Waals surface area (Å²) in [6, 6.07) is 7.58. The first kappa shape index (κ1) is 22.7. The van der Waals surface area contributed by atoms with Crippen molar-refractivity contribution in [1.29, 1.82) is 0 Å². The number of nitrogens with zero attached hydrogens (tertiary/aromatic N) is 2. The molecule has 0 radical (unpaired) electrons. The van der Waals surface area contributed by atoms with Gasteiger partial charge in [0, 0.05) is 32.1 Å². The first-order valence-electron chi connectivity index (χ1n) is 11.3. The van der Waals surface area contributed by atoms with Crippen molar-refractivity contribution in [3.8, 4) is 0 Å². The molecule has 174 valence electrons. The zero-order chi connectivity index (χ0) is 22.8.